The maximum Gasteiger partial charge on any atom is 0.218 e. The number of hydrogen-bond acceptors (Lipinski definition) is 4. The third kappa shape index (κ3) is 2.70. The van der Waals surface area contributed by atoms with Gasteiger partial charge in [-0.2, -0.15) is 0 Å². The van der Waals surface area contributed by atoms with Gasteiger partial charge in [0, 0.05) is 0 Å². The van der Waals surface area contributed by atoms with Crippen molar-refractivity contribution in [2.45, 2.75) is 19.9 Å². The minimum Gasteiger partial charge on any atom is -0.506 e. The monoisotopic (exact) mass is 282 g/mol. The zero-order valence-electron chi connectivity index (χ0n) is 12.1. The number of nitrogens with zero attached hydrogens (tertiary/aromatic N) is 1. The van der Waals surface area contributed by atoms with Crippen LogP contribution in [-0.2, 0) is 0 Å². The van der Waals surface area contributed by atoms with Crippen LogP contribution in [0.5, 0.6) is 5.75 Å². The molecule has 0 amide bonds. The standard InChI is InChI=1S/C17H18N2O2/c1-11(2)16(18-12-7-3-5-9-14(12)20)17-19-13-8-4-6-10-15(13)21-17/h3-11,16,18,20H,1-2H3. The highest BCUT2D eigenvalue weighted by molar-refractivity contribution is 5.72. The van der Waals surface area contributed by atoms with Crippen molar-refractivity contribution < 1.29 is 9.52 Å². The van der Waals surface area contributed by atoms with E-state index in [1.54, 1.807) is 12.1 Å². The highest BCUT2D eigenvalue weighted by atomic mass is 16.3. The number of oxazole rings is 1. The molecular weight excluding hydrogens is 264 g/mol. The number of rotatable bonds is 4. The Hall–Kier alpha value is -2.49. The second kappa shape index (κ2) is 5.48. The zero-order chi connectivity index (χ0) is 14.8. The Bertz CT molecular complexity index is 716. The van der Waals surface area contributed by atoms with Crippen LogP contribution in [-0.4, -0.2) is 10.1 Å². The highest BCUT2D eigenvalue weighted by Crippen LogP contribution is 2.32. The van der Waals surface area contributed by atoms with E-state index in [4.69, 9.17) is 4.42 Å². The predicted octanol–water partition coefficient (Wildman–Crippen LogP) is 4.34. The highest BCUT2D eigenvalue weighted by Gasteiger charge is 2.22. The molecule has 4 heteroatoms. The van der Waals surface area contributed by atoms with Crippen molar-refractivity contribution in [2.24, 2.45) is 5.92 Å². The zero-order valence-corrected chi connectivity index (χ0v) is 12.1. The van der Waals surface area contributed by atoms with Crippen LogP contribution in [0.15, 0.2) is 52.9 Å². The number of phenolic OH excluding ortho intramolecular Hbond substituents is 1. The Morgan fingerprint density at radius 3 is 2.48 bits per heavy atom. The van der Waals surface area contributed by atoms with E-state index in [0.717, 1.165) is 11.1 Å². The number of fused-ring (bicyclic) bond motifs is 1. The molecule has 0 fully saturated rings. The van der Waals surface area contributed by atoms with Gasteiger partial charge in [0.25, 0.3) is 0 Å². The number of para-hydroxylation sites is 4. The largest absolute Gasteiger partial charge is 0.506 e. The SMILES string of the molecule is CC(C)C(Nc1ccccc1O)c1nc2ccccc2o1. The van der Waals surface area contributed by atoms with Crippen molar-refractivity contribution in [3.8, 4) is 5.75 Å². The summed E-state index contributed by atoms with van der Waals surface area (Å²) in [7, 11) is 0. The lowest BCUT2D eigenvalue weighted by atomic mass is 10.0. The Balaban J connectivity index is 1.96. The average Bonchev–Trinajstić information content (AvgIpc) is 2.89. The molecule has 0 radical (unpaired) electrons. The van der Waals surface area contributed by atoms with Crippen molar-refractivity contribution >= 4 is 16.8 Å². The lowest BCUT2D eigenvalue weighted by Gasteiger charge is -2.20. The van der Waals surface area contributed by atoms with Gasteiger partial charge in [0.15, 0.2) is 5.58 Å². The van der Waals surface area contributed by atoms with Crippen molar-refractivity contribution in [3.05, 3.63) is 54.4 Å². The minimum atomic E-state index is -0.106. The number of anilines is 1. The van der Waals surface area contributed by atoms with Crippen molar-refractivity contribution in [2.75, 3.05) is 5.32 Å². The molecule has 1 aromatic heterocycles. The number of benzene rings is 2. The Kier molecular flexibility index (Phi) is 3.52. The molecule has 108 valence electrons. The maximum atomic E-state index is 9.91. The summed E-state index contributed by atoms with van der Waals surface area (Å²) in [6.45, 7) is 4.18. The minimum absolute atomic E-state index is 0.106. The quantitative estimate of drug-likeness (QED) is 0.699. The molecule has 0 aliphatic rings. The number of phenols is 1. The van der Waals surface area contributed by atoms with Crippen LogP contribution in [0.3, 0.4) is 0 Å². The van der Waals surface area contributed by atoms with E-state index in [-0.39, 0.29) is 17.7 Å². The molecule has 0 saturated carbocycles. The maximum absolute atomic E-state index is 9.91. The molecule has 3 rings (SSSR count). The smallest absolute Gasteiger partial charge is 0.218 e. The fourth-order valence-corrected chi connectivity index (χ4v) is 2.30. The first-order valence-electron chi connectivity index (χ1n) is 7.05. The van der Waals surface area contributed by atoms with Crippen LogP contribution in [0.25, 0.3) is 11.1 Å². The van der Waals surface area contributed by atoms with E-state index in [1.807, 2.05) is 36.4 Å². The van der Waals surface area contributed by atoms with Gasteiger partial charge >= 0.3 is 0 Å². The Morgan fingerprint density at radius 1 is 1.05 bits per heavy atom. The molecule has 0 saturated heterocycles. The fourth-order valence-electron chi connectivity index (χ4n) is 2.30. The molecule has 1 unspecified atom stereocenters. The van der Waals surface area contributed by atoms with Crippen molar-refractivity contribution in [1.82, 2.24) is 4.98 Å². The number of nitrogens with one attached hydrogen (secondary N) is 1. The van der Waals surface area contributed by atoms with E-state index in [0.29, 0.717) is 11.6 Å². The van der Waals surface area contributed by atoms with Crippen molar-refractivity contribution in [3.63, 3.8) is 0 Å². The summed E-state index contributed by atoms with van der Waals surface area (Å²) in [6, 6.07) is 14.8. The van der Waals surface area contributed by atoms with Crippen LogP contribution < -0.4 is 5.32 Å². The topological polar surface area (TPSA) is 58.3 Å². The average molecular weight is 282 g/mol. The molecule has 1 heterocycles. The van der Waals surface area contributed by atoms with Crippen LogP contribution in [0.1, 0.15) is 25.8 Å². The lowest BCUT2D eigenvalue weighted by Crippen LogP contribution is -2.17. The Morgan fingerprint density at radius 2 is 1.76 bits per heavy atom. The van der Waals surface area contributed by atoms with E-state index in [2.05, 4.69) is 24.1 Å². The van der Waals surface area contributed by atoms with Crippen LogP contribution in [0.4, 0.5) is 5.69 Å². The number of aromatic nitrogens is 1. The third-order valence-corrected chi connectivity index (χ3v) is 3.46. The summed E-state index contributed by atoms with van der Waals surface area (Å²) >= 11 is 0. The molecule has 2 N–H and O–H groups in total. The molecule has 0 spiro atoms. The molecule has 2 aromatic carbocycles. The number of aromatic hydroxyl groups is 1. The van der Waals surface area contributed by atoms with E-state index in [1.165, 1.54) is 0 Å². The summed E-state index contributed by atoms with van der Waals surface area (Å²) < 4.78 is 5.85. The van der Waals surface area contributed by atoms with Gasteiger partial charge in [-0.1, -0.05) is 38.1 Å². The van der Waals surface area contributed by atoms with Gasteiger partial charge in [-0.25, -0.2) is 4.98 Å². The third-order valence-electron chi connectivity index (χ3n) is 3.46. The van der Waals surface area contributed by atoms with E-state index < -0.39 is 0 Å². The molecule has 0 bridgehead atoms. The normalized spacial score (nSPS) is 12.7. The summed E-state index contributed by atoms with van der Waals surface area (Å²) in [5.41, 5.74) is 2.30. The first kappa shape index (κ1) is 13.5. The van der Waals surface area contributed by atoms with Gasteiger partial charge in [-0.05, 0) is 30.2 Å². The molecule has 0 aliphatic carbocycles. The summed E-state index contributed by atoms with van der Waals surface area (Å²) in [5, 5.41) is 13.2. The second-order valence-electron chi connectivity index (χ2n) is 5.40. The first-order valence-corrected chi connectivity index (χ1v) is 7.05. The van der Waals surface area contributed by atoms with E-state index >= 15 is 0 Å². The molecule has 21 heavy (non-hydrogen) atoms. The van der Waals surface area contributed by atoms with E-state index in [9.17, 15) is 5.11 Å². The van der Waals surface area contributed by atoms with Gasteiger partial charge in [0.1, 0.15) is 17.3 Å². The summed E-state index contributed by atoms with van der Waals surface area (Å²) in [5.74, 6) is 1.12. The van der Waals surface area contributed by atoms with Gasteiger partial charge in [-0.3, -0.25) is 0 Å². The van der Waals surface area contributed by atoms with Crippen molar-refractivity contribution in [1.29, 1.82) is 0 Å². The molecular formula is C17H18N2O2. The lowest BCUT2D eigenvalue weighted by molar-refractivity contribution is 0.420. The number of hydrogen-bond donors (Lipinski definition) is 2. The van der Waals surface area contributed by atoms with Gasteiger partial charge < -0.3 is 14.8 Å². The van der Waals surface area contributed by atoms with Gasteiger partial charge in [0.2, 0.25) is 5.89 Å². The predicted molar refractivity (Wildman–Crippen MR) is 83.3 cm³/mol. The summed E-state index contributed by atoms with van der Waals surface area (Å²) in [6.07, 6.45) is 0. The molecule has 3 aromatic rings. The fraction of sp³-hybridized carbons (Fsp3) is 0.235. The van der Waals surface area contributed by atoms with Crippen LogP contribution in [0.2, 0.25) is 0 Å². The summed E-state index contributed by atoms with van der Waals surface area (Å²) in [4.78, 5) is 4.55. The molecule has 0 aliphatic heterocycles. The van der Waals surface area contributed by atoms with Crippen LogP contribution >= 0.6 is 0 Å². The molecule has 4 nitrogen and oxygen atoms in total. The van der Waals surface area contributed by atoms with Crippen LogP contribution in [0, 0.1) is 5.92 Å². The second-order valence-corrected chi connectivity index (χ2v) is 5.40. The molecule has 1 atom stereocenters. The first-order chi connectivity index (χ1) is 10.1. The van der Waals surface area contributed by atoms with Gasteiger partial charge in [0.05, 0.1) is 5.69 Å². The van der Waals surface area contributed by atoms with Gasteiger partial charge in [-0.15, -0.1) is 0 Å². The Labute approximate surface area is 123 Å².